The summed E-state index contributed by atoms with van der Waals surface area (Å²) in [6.45, 7) is 2.58. The van der Waals surface area contributed by atoms with E-state index in [1.165, 1.54) is 12.8 Å². The number of ether oxygens (including phenoxy) is 2. The summed E-state index contributed by atoms with van der Waals surface area (Å²) in [5, 5.41) is 0. The highest BCUT2D eigenvalue weighted by Gasteiger charge is 2.43. The molecule has 2 aromatic carbocycles. The van der Waals surface area contributed by atoms with Gasteiger partial charge < -0.3 is 19.3 Å². The topological polar surface area (TPSA) is 59.1 Å². The van der Waals surface area contributed by atoms with Crippen LogP contribution in [-0.4, -0.2) is 48.4 Å². The van der Waals surface area contributed by atoms with Gasteiger partial charge in [0, 0.05) is 12.6 Å². The highest BCUT2D eigenvalue weighted by Crippen LogP contribution is 2.37. The second-order valence-electron chi connectivity index (χ2n) is 9.14. The van der Waals surface area contributed by atoms with Crippen LogP contribution < -0.4 is 9.47 Å². The number of amides is 2. The van der Waals surface area contributed by atoms with E-state index in [9.17, 15) is 9.59 Å². The molecule has 2 aliphatic rings. The van der Waals surface area contributed by atoms with E-state index in [4.69, 9.17) is 9.47 Å². The molecular weight excluding hydrogens is 416 g/mol. The summed E-state index contributed by atoms with van der Waals surface area (Å²) < 4.78 is 10.9. The van der Waals surface area contributed by atoms with Gasteiger partial charge in [0.05, 0.1) is 14.2 Å². The fraction of sp³-hybridized carbons (Fsp3) is 0.481. The number of hydrogen-bond acceptors (Lipinski definition) is 4. The molecular formula is C27H34N2O4. The first-order valence-electron chi connectivity index (χ1n) is 11.9. The quantitative estimate of drug-likeness (QED) is 0.601. The Bertz CT molecular complexity index is 980. The summed E-state index contributed by atoms with van der Waals surface area (Å²) >= 11 is 0. The minimum Gasteiger partial charge on any atom is -0.493 e. The minimum atomic E-state index is -0.685. The fourth-order valence-corrected chi connectivity index (χ4v) is 5.04. The second-order valence-corrected chi connectivity index (χ2v) is 9.14. The molecule has 1 unspecified atom stereocenters. The van der Waals surface area contributed by atoms with Crippen LogP contribution in [0.25, 0.3) is 0 Å². The molecule has 1 heterocycles. The second kappa shape index (κ2) is 10.3. The van der Waals surface area contributed by atoms with Gasteiger partial charge in [-0.05, 0) is 43.0 Å². The fourth-order valence-electron chi connectivity index (χ4n) is 5.04. The van der Waals surface area contributed by atoms with Crippen molar-refractivity contribution in [3.05, 3.63) is 59.2 Å². The van der Waals surface area contributed by atoms with Gasteiger partial charge in [-0.25, -0.2) is 0 Å². The van der Waals surface area contributed by atoms with Crippen LogP contribution in [0.5, 0.6) is 11.5 Å². The summed E-state index contributed by atoms with van der Waals surface area (Å²) in [5.74, 6) is 1.14. The molecule has 0 spiro atoms. The molecule has 6 nitrogen and oxygen atoms in total. The summed E-state index contributed by atoms with van der Waals surface area (Å²) in [6, 6.07) is 13.1. The molecule has 0 aromatic heterocycles. The lowest BCUT2D eigenvalue weighted by Crippen LogP contribution is -2.57. The molecule has 0 radical (unpaired) electrons. The maximum absolute atomic E-state index is 14.0. The molecule has 2 fully saturated rings. The maximum atomic E-state index is 14.0. The molecule has 1 aliphatic carbocycles. The van der Waals surface area contributed by atoms with Gasteiger partial charge >= 0.3 is 0 Å². The van der Waals surface area contributed by atoms with Gasteiger partial charge in [-0.1, -0.05) is 61.6 Å². The number of aryl methyl sites for hydroxylation is 1. The van der Waals surface area contributed by atoms with Crippen LogP contribution in [0.3, 0.4) is 0 Å². The van der Waals surface area contributed by atoms with E-state index in [-0.39, 0.29) is 24.4 Å². The lowest BCUT2D eigenvalue weighted by molar-refractivity contribution is -0.159. The molecule has 2 aromatic rings. The molecule has 0 bridgehead atoms. The molecule has 176 valence electrons. The molecule has 1 aliphatic heterocycles. The summed E-state index contributed by atoms with van der Waals surface area (Å²) in [7, 11) is 3.17. The standard InChI is InChI=1S/C27H34N2O4/c1-19-10-12-20(13-11-19)17-29-25(30)18-28(22-8-6-4-5-7-9-22)27(31)26(29)21-14-15-23(32-2)24(16-21)33-3/h10-16,22,26H,4-9,17-18H2,1-3H3. The van der Waals surface area contributed by atoms with Crippen molar-refractivity contribution in [3.8, 4) is 11.5 Å². The van der Waals surface area contributed by atoms with Crippen LogP contribution in [0.1, 0.15) is 61.3 Å². The zero-order chi connectivity index (χ0) is 23.4. The summed E-state index contributed by atoms with van der Waals surface area (Å²) in [6.07, 6.45) is 6.55. The van der Waals surface area contributed by atoms with Gasteiger partial charge in [0.2, 0.25) is 5.91 Å². The van der Waals surface area contributed by atoms with E-state index in [1.807, 2.05) is 48.2 Å². The smallest absolute Gasteiger partial charge is 0.250 e. The first-order chi connectivity index (χ1) is 16.0. The Kier molecular flexibility index (Phi) is 7.21. The van der Waals surface area contributed by atoms with Crippen LogP contribution in [0, 0.1) is 6.92 Å². The number of benzene rings is 2. The first kappa shape index (κ1) is 23.1. The Morgan fingerprint density at radius 3 is 2.18 bits per heavy atom. The van der Waals surface area contributed by atoms with Crippen molar-refractivity contribution in [2.75, 3.05) is 20.8 Å². The number of methoxy groups -OCH3 is 2. The number of carbonyl (C=O) groups is 2. The Morgan fingerprint density at radius 2 is 1.55 bits per heavy atom. The number of rotatable bonds is 6. The average molecular weight is 451 g/mol. The van der Waals surface area contributed by atoms with Crippen molar-refractivity contribution in [1.82, 2.24) is 9.80 Å². The number of carbonyl (C=O) groups excluding carboxylic acids is 2. The summed E-state index contributed by atoms with van der Waals surface area (Å²) in [4.78, 5) is 31.0. The monoisotopic (exact) mass is 450 g/mol. The molecule has 2 amide bonds. The van der Waals surface area contributed by atoms with Gasteiger partial charge in [0.25, 0.3) is 5.91 Å². The van der Waals surface area contributed by atoms with Gasteiger partial charge in [0.15, 0.2) is 11.5 Å². The highest BCUT2D eigenvalue weighted by atomic mass is 16.5. The third-order valence-electron chi connectivity index (χ3n) is 6.92. The van der Waals surface area contributed by atoms with E-state index < -0.39 is 6.04 Å². The van der Waals surface area contributed by atoms with Crippen LogP contribution in [0.2, 0.25) is 0 Å². The number of hydrogen-bond donors (Lipinski definition) is 0. The van der Waals surface area contributed by atoms with Crippen LogP contribution in [0.15, 0.2) is 42.5 Å². The van der Waals surface area contributed by atoms with Gasteiger partial charge in [-0.2, -0.15) is 0 Å². The van der Waals surface area contributed by atoms with Crippen molar-refractivity contribution in [2.24, 2.45) is 0 Å². The Hall–Kier alpha value is -3.02. The van der Waals surface area contributed by atoms with Crippen molar-refractivity contribution >= 4 is 11.8 Å². The largest absolute Gasteiger partial charge is 0.493 e. The van der Waals surface area contributed by atoms with Crippen molar-refractivity contribution in [3.63, 3.8) is 0 Å². The third kappa shape index (κ3) is 5.00. The molecule has 0 N–H and O–H groups in total. The van der Waals surface area contributed by atoms with Crippen molar-refractivity contribution < 1.29 is 19.1 Å². The van der Waals surface area contributed by atoms with Gasteiger partial charge in [-0.3, -0.25) is 9.59 Å². The van der Waals surface area contributed by atoms with E-state index in [0.717, 1.165) is 42.4 Å². The van der Waals surface area contributed by atoms with Crippen LogP contribution in [-0.2, 0) is 16.1 Å². The Morgan fingerprint density at radius 1 is 0.879 bits per heavy atom. The SMILES string of the molecule is COc1ccc(C2C(=O)N(C3CCCCCC3)CC(=O)N2Cc2ccc(C)cc2)cc1OC. The molecule has 33 heavy (non-hydrogen) atoms. The highest BCUT2D eigenvalue weighted by molar-refractivity contribution is 5.96. The normalized spacial score (nSPS) is 20.0. The van der Waals surface area contributed by atoms with Crippen molar-refractivity contribution in [2.45, 2.75) is 64.1 Å². The molecule has 6 heteroatoms. The summed E-state index contributed by atoms with van der Waals surface area (Å²) in [5.41, 5.74) is 2.92. The van der Waals surface area contributed by atoms with Gasteiger partial charge in [-0.15, -0.1) is 0 Å². The molecule has 1 saturated carbocycles. The van der Waals surface area contributed by atoms with Gasteiger partial charge in [0.1, 0.15) is 12.6 Å². The lowest BCUT2D eigenvalue weighted by Gasteiger charge is -2.43. The van der Waals surface area contributed by atoms with Crippen molar-refractivity contribution in [1.29, 1.82) is 0 Å². The maximum Gasteiger partial charge on any atom is 0.250 e. The third-order valence-corrected chi connectivity index (χ3v) is 6.92. The predicted octanol–water partition coefficient (Wildman–Crippen LogP) is 4.65. The van der Waals surface area contributed by atoms with Crippen LogP contribution >= 0.6 is 0 Å². The zero-order valence-corrected chi connectivity index (χ0v) is 19.9. The van der Waals surface area contributed by atoms with E-state index in [1.54, 1.807) is 25.2 Å². The minimum absolute atomic E-state index is 0.000770. The lowest BCUT2D eigenvalue weighted by atomic mass is 9.96. The number of piperazine rings is 1. The van der Waals surface area contributed by atoms with Crippen LogP contribution in [0.4, 0.5) is 0 Å². The molecule has 1 atom stereocenters. The Balaban J connectivity index is 1.71. The zero-order valence-electron chi connectivity index (χ0n) is 19.9. The first-order valence-corrected chi connectivity index (χ1v) is 11.9. The van der Waals surface area contributed by atoms with E-state index >= 15 is 0 Å². The molecule has 4 rings (SSSR count). The Labute approximate surface area is 196 Å². The average Bonchev–Trinajstić information content (AvgIpc) is 3.12. The number of nitrogens with zero attached hydrogens (tertiary/aromatic N) is 2. The predicted molar refractivity (Wildman–Crippen MR) is 127 cm³/mol. The van der Waals surface area contributed by atoms with E-state index in [2.05, 4.69) is 0 Å². The van der Waals surface area contributed by atoms with E-state index in [0.29, 0.717) is 18.0 Å². The molecule has 1 saturated heterocycles.